The Hall–Kier alpha value is -1.55. The first-order valence-corrected chi connectivity index (χ1v) is 8.72. The Morgan fingerprint density at radius 1 is 1.35 bits per heavy atom. The highest BCUT2D eigenvalue weighted by Gasteiger charge is 2.25. The van der Waals surface area contributed by atoms with Crippen LogP contribution < -0.4 is 10.1 Å². The van der Waals surface area contributed by atoms with Crippen molar-refractivity contribution in [2.75, 3.05) is 26.7 Å². The van der Waals surface area contributed by atoms with Crippen LogP contribution in [0.5, 0.6) is 5.75 Å². The predicted molar refractivity (Wildman–Crippen MR) is 93.5 cm³/mol. The third-order valence-corrected chi connectivity index (χ3v) is 4.33. The van der Waals surface area contributed by atoms with Crippen LogP contribution in [0.4, 0.5) is 0 Å². The van der Waals surface area contributed by atoms with Crippen LogP contribution in [0, 0.1) is 11.8 Å². The van der Waals surface area contributed by atoms with E-state index in [9.17, 15) is 4.79 Å². The highest BCUT2D eigenvalue weighted by atomic mass is 16.5. The zero-order valence-electron chi connectivity index (χ0n) is 14.7. The Morgan fingerprint density at radius 2 is 2.17 bits per heavy atom. The van der Waals surface area contributed by atoms with Gasteiger partial charge in [0, 0.05) is 19.0 Å². The van der Waals surface area contributed by atoms with Gasteiger partial charge in [0.05, 0.1) is 7.11 Å². The zero-order valence-corrected chi connectivity index (χ0v) is 14.7. The number of rotatable bonds is 6. The average molecular weight is 318 g/mol. The van der Waals surface area contributed by atoms with Gasteiger partial charge in [0.15, 0.2) is 0 Å². The lowest BCUT2D eigenvalue weighted by atomic mass is 9.98. The van der Waals surface area contributed by atoms with Crippen LogP contribution in [0.15, 0.2) is 24.3 Å². The number of carbonyl (C=O) groups excluding carboxylic acids is 1. The highest BCUT2D eigenvalue weighted by molar-refractivity contribution is 5.79. The number of hydrogen-bond donors (Lipinski definition) is 1. The molecule has 0 aromatic heterocycles. The number of carbonyl (C=O) groups is 1. The van der Waals surface area contributed by atoms with Gasteiger partial charge in [0.2, 0.25) is 5.91 Å². The third kappa shape index (κ3) is 5.54. The summed E-state index contributed by atoms with van der Waals surface area (Å²) in [5, 5.41) is 3.39. The van der Waals surface area contributed by atoms with Crippen LogP contribution in [0.3, 0.4) is 0 Å². The molecule has 23 heavy (non-hydrogen) atoms. The van der Waals surface area contributed by atoms with E-state index in [0.717, 1.165) is 50.2 Å². The fourth-order valence-electron chi connectivity index (χ4n) is 3.19. The van der Waals surface area contributed by atoms with Gasteiger partial charge in [0.1, 0.15) is 5.75 Å². The van der Waals surface area contributed by atoms with Gasteiger partial charge in [0.25, 0.3) is 0 Å². The summed E-state index contributed by atoms with van der Waals surface area (Å²) in [5.74, 6) is 1.78. The molecule has 1 N–H and O–H groups in total. The molecule has 1 aromatic rings. The van der Waals surface area contributed by atoms with Gasteiger partial charge in [-0.25, -0.2) is 0 Å². The second-order valence-corrected chi connectivity index (χ2v) is 6.84. The van der Waals surface area contributed by atoms with Gasteiger partial charge in [-0.2, -0.15) is 0 Å². The molecule has 1 atom stereocenters. The van der Waals surface area contributed by atoms with E-state index < -0.39 is 0 Å². The molecule has 2 rings (SSSR count). The molecule has 4 heteroatoms. The Bertz CT molecular complexity index is 494. The average Bonchev–Trinajstić information content (AvgIpc) is 2.82. The minimum Gasteiger partial charge on any atom is -0.497 e. The molecule has 0 radical (unpaired) electrons. The quantitative estimate of drug-likeness (QED) is 0.876. The first-order chi connectivity index (χ1) is 11.1. The van der Waals surface area contributed by atoms with Crippen molar-refractivity contribution in [1.29, 1.82) is 0 Å². The largest absolute Gasteiger partial charge is 0.497 e. The van der Waals surface area contributed by atoms with Crippen molar-refractivity contribution in [1.82, 2.24) is 10.2 Å². The minimum absolute atomic E-state index is 0.161. The van der Waals surface area contributed by atoms with Crippen molar-refractivity contribution >= 4 is 5.91 Å². The van der Waals surface area contributed by atoms with Crippen molar-refractivity contribution in [2.24, 2.45) is 11.8 Å². The van der Waals surface area contributed by atoms with Gasteiger partial charge in [-0.3, -0.25) is 4.79 Å². The molecule has 1 heterocycles. The van der Waals surface area contributed by atoms with Crippen molar-refractivity contribution in [3.05, 3.63) is 29.8 Å². The summed E-state index contributed by atoms with van der Waals surface area (Å²) in [6, 6.07) is 8.02. The number of methoxy groups -OCH3 is 1. The number of nitrogens with zero attached hydrogens (tertiary/aromatic N) is 1. The number of benzene rings is 1. The second kappa shape index (κ2) is 8.92. The molecule has 0 aliphatic carbocycles. The maximum absolute atomic E-state index is 13.0. The van der Waals surface area contributed by atoms with Gasteiger partial charge < -0.3 is 15.0 Å². The minimum atomic E-state index is 0.161. The first kappa shape index (κ1) is 17.8. The maximum Gasteiger partial charge on any atom is 0.226 e. The van der Waals surface area contributed by atoms with Gasteiger partial charge in [-0.05, 0) is 56.0 Å². The number of hydrogen-bond acceptors (Lipinski definition) is 3. The van der Waals surface area contributed by atoms with Crippen LogP contribution in [0.1, 0.15) is 38.7 Å². The van der Waals surface area contributed by atoms with Crippen LogP contribution in [-0.2, 0) is 11.3 Å². The lowest BCUT2D eigenvalue weighted by molar-refractivity contribution is -0.137. The predicted octanol–water partition coefficient (Wildman–Crippen LogP) is 3.07. The van der Waals surface area contributed by atoms with Crippen LogP contribution in [-0.4, -0.2) is 37.6 Å². The maximum atomic E-state index is 13.0. The standard InChI is InChI=1S/C19H30N2O2/c1-15(2)13-21(14-16-6-4-8-18(12-16)23-3)19(22)17-7-5-10-20-11-9-17/h4,6,8,12,15,17,20H,5,7,9-11,13-14H2,1-3H3. The first-order valence-electron chi connectivity index (χ1n) is 8.72. The van der Waals surface area contributed by atoms with Crippen molar-refractivity contribution in [3.8, 4) is 5.75 Å². The van der Waals surface area contributed by atoms with Gasteiger partial charge in [-0.15, -0.1) is 0 Å². The van der Waals surface area contributed by atoms with E-state index in [0.29, 0.717) is 18.4 Å². The summed E-state index contributed by atoms with van der Waals surface area (Å²) >= 11 is 0. The molecule has 1 unspecified atom stereocenters. The number of amides is 1. The molecule has 4 nitrogen and oxygen atoms in total. The van der Waals surface area contributed by atoms with Crippen LogP contribution in [0.25, 0.3) is 0 Å². The third-order valence-electron chi connectivity index (χ3n) is 4.33. The SMILES string of the molecule is COc1cccc(CN(CC(C)C)C(=O)C2CCCNCC2)c1. The van der Waals surface area contributed by atoms with E-state index in [1.807, 2.05) is 23.1 Å². The van der Waals surface area contributed by atoms with E-state index in [1.54, 1.807) is 7.11 Å². The molecule has 1 aliphatic heterocycles. The lowest BCUT2D eigenvalue weighted by Crippen LogP contribution is -2.38. The monoisotopic (exact) mass is 318 g/mol. The van der Waals surface area contributed by atoms with E-state index in [4.69, 9.17) is 4.74 Å². The molecule has 0 spiro atoms. The van der Waals surface area contributed by atoms with Crippen molar-refractivity contribution in [2.45, 2.75) is 39.7 Å². The smallest absolute Gasteiger partial charge is 0.226 e. The molecule has 0 bridgehead atoms. The summed E-state index contributed by atoms with van der Waals surface area (Å²) in [6.07, 6.45) is 3.04. The molecule has 1 aromatic carbocycles. The topological polar surface area (TPSA) is 41.6 Å². The molecule has 0 saturated carbocycles. The Kier molecular flexibility index (Phi) is 6.90. The molecule has 1 amide bonds. The number of ether oxygens (including phenoxy) is 1. The van der Waals surface area contributed by atoms with Crippen molar-refractivity contribution in [3.63, 3.8) is 0 Å². The summed E-state index contributed by atoms with van der Waals surface area (Å²) in [4.78, 5) is 15.0. The van der Waals surface area contributed by atoms with Crippen LogP contribution >= 0.6 is 0 Å². The molecule has 128 valence electrons. The number of nitrogens with one attached hydrogen (secondary N) is 1. The fraction of sp³-hybridized carbons (Fsp3) is 0.632. The second-order valence-electron chi connectivity index (χ2n) is 6.84. The summed E-state index contributed by atoms with van der Waals surface area (Å²) < 4.78 is 5.30. The Balaban J connectivity index is 2.09. The van der Waals surface area contributed by atoms with E-state index in [-0.39, 0.29) is 5.92 Å². The van der Waals surface area contributed by atoms with E-state index >= 15 is 0 Å². The molecular formula is C19H30N2O2. The van der Waals surface area contributed by atoms with E-state index in [1.165, 1.54) is 0 Å². The van der Waals surface area contributed by atoms with E-state index in [2.05, 4.69) is 25.2 Å². The van der Waals surface area contributed by atoms with Gasteiger partial charge >= 0.3 is 0 Å². The molecule has 1 aliphatic rings. The van der Waals surface area contributed by atoms with Gasteiger partial charge in [-0.1, -0.05) is 26.0 Å². The molecular weight excluding hydrogens is 288 g/mol. The highest BCUT2D eigenvalue weighted by Crippen LogP contribution is 2.21. The molecule has 1 saturated heterocycles. The Morgan fingerprint density at radius 3 is 2.91 bits per heavy atom. The van der Waals surface area contributed by atoms with Crippen LogP contribution in [0.2, 0.25) is 0 Å². The Labute approximate surface area is 140 Å². The summed E-state index contributed by atoms with van der Waals surface area (Å²) in [7, 11) is 1.68. The fourth-order valence-corrected chi connectivity index (χ4v) is 3.19. The zero-order chi connectivity index (χ0) is 16.7. The summed E-state index contributed by atoms with van der Waals surface area (Å²) in [5.41, 5.74) is 1.13. The lowest BCUT2D eigenvalue weighted by Gasteiger charge is -2.28. The molecule has 1 fully saturated rings. The van der Waals surface area contributed by atoms with Crippen molar-refractivity contribution < 1.29 is 9.53 Å². The summed E-state index contributed by atoms with van der Waals surface area (Å²) in [6.45, 7) is 7.79. The normalized spacial score (nSPS) is 18.5.